The zero-order valence-corrected chi connectivity index (χ0v) is 8.71. The van der Waals surface area contributed by atoms with Crippen molar-refractivity contribution in [3.63, 3.8) is 0 Å². The summed E-state index contributed by atoms with van der Waals surface area (Å²) >= 11 is 0. The third-order valence-electron chi connectivity index (χ3n) is 3.35. The first-order chi connectivity index (χ1) is 6.15. The molecule has 1 saturated carbocycles. The normalized spacial score (nSPS) is 28.5. The number of hydrogen-bond donors (Lipinski definition) is 0. The lowest BCUT2D eigenvalue weighted by Gasteiger charge is -2.30. The summed E-state index contributed by atoms with van der Waals surface area (Å²) in [6.45, 7) is 8.40. The van der Waals surface area contributed by atoms with E-state index in [0.29, 0.717) is 5.92 Å². The highest BCUT2D eigenvalue weighted by atomic mass is 14.3. The molecule has 72 valence electrons. The van der Waals surface area contributed by atoms with Crippen LogP contribution in [0, 0.1) is 29.1 Å². The third kappa shape index (κ3) is 2.59. The number of nitrogens with zero attached hydrogens (tertiary/aromatic N) is 1. The van der Waals surface area contributed by atoms with Gasteiger partial charge < -0.3 is 0 Å². The van der Waals surface area contributed by atoms with Crippen LogP contribution in [0.25, 0.3) is 0 Å². The summed E-state index contributed by atoms with van der Waals surface area (Å²) in [5, 5.41) is 8.71. The maximum Gasteiger partial charge on any atom is 0.0943 e. The van der Waals surface area contributed by atoms with Gasteiger partial charge in [0.15, 0.2) is 0 Å². The summed E-state index contributed by atoms with van der Waals surface area (Å²) in [7, 11) is 0. The van der Waals surface area contributed by atoms with E-state index in [4.69, 9.17) is 5.26 Å². The van der Waals surface area contributed by atoms with Crippen LogP contribution in [0.2, 0.25) is 0 Å². The quantitative estimate of drug-likeness (QED) is 0.592. The van der Waals surface area contributed by atoms with Crippen LogP contribution in [-0.4, -0.2) is 0 Å². The molecule has 0 aliphatic heterocycles. The molecule has 0 aromatic carbocycles. The molecule has 0 heterocycles. The smallest absolute Gasteiger partial charge is 0.0943 e. The standard InChI is InChI=1S/C12H19N/c1-9(2)11-4-6-12(7-5-11)10(3)8-13/h9,11-12H,3-7H2,1-2H3. The van der Waals surface area contributed by atoms with Gasteiger partial charge in [-0.3, -0.25) is 0 Å². The first-order valence-corrected chi connectivity index (χ1v) is 5.24. The Balaban J connectivity index is 2.40. The Bertz CT molecular complexity index is 214. The van der Waals surface area contributed by atoms with E-state index in [9.17, 15) is 0 Å². The molecule has 13 heavy (non-hydrogen) atoms. The molecule has 0 spiro atoms. The topological polar surface area (TPSA) is 23.8 Å². The fourth-order valence-corrected chi connectivity index (χ4v) is 2.23. The van der Waals surface area contributed by atoms with E-state index in [0.717, 1.165) is 17.4 Å². The van der Waals surface area contributed by atoms with Crippen LogP contribution in [0.5, 0.6) is 0 Å². The molecule has 0 bridgehead atoms. The lowest BCUT2D eigenvalue weighted by molar-refractivity contribution is 0.245. The third-order valence-corrected chi connectivity index (χ3v) is 3.35. The lowest BCUT2D eigenvalue weighted by atomic mass is 9.75. The molecule has 0 saturated heterocycles. The van der Waals surface area contributed by atoms with Crippen LogP contribution < -0.4 is 0 Å². The second-order valence-corrected chi connectivity index (χ2v) is 4.49. The van der Waals surface area contributed by atoms with Gasteiger partial charge in [-0.15, -0.1) is 0 Å². The Hall–Kier alpha value is -0.770. The number of nitriles is 1. The minimum Gasteiger partial charge on any atom is -0.193 e. The summed E-state index contributed by atoms with van der Waals surface area (Å²) in [6.07, 6.45) is 4.91. The minimum atomic E-state index is 0.486. The Kier molecular flexibility index (Phi) is 3.54. The number of hydrogen-bond acceptors (Lipinski definition) is 1. The Morgan fingerprint density at radius 1 is 1.31 bits per heavy atom. The molecule has 1 aliphatic rings. The first kappa shape index (κ1) is 10.3. The van der Waals surface area contributed by atoms with Gasteiger partial charge in [0.2, 0.25) is 0 Å². The van der Waals surface area contributed by atoms with Crippen molar-refractivity contribution in [2.45, 2.75) is 39.5 Å². The van der Waals surface area contributed by atoms with Crippen LogP contribution >= 0.6 is 0 Å². The second-order valence-electron chi connectivity index (χ2n) is 4.49. The summed E-state index contributed by atoms with van der Waals surface area (Å²) < 4.78 is 0. The van der Waals surface area contributed by atoms with E-state index in [1.165, 1.54) is 25.7 Å². The van der Waals surface area contributed by atoms with Gasteiger partial charge in [0.05, 0.1) is 6.07 Å². The summed E-state index contributed by atoms with van der Waals surface area (Å²) in [6, 6.07) is 2.18. The number of allylic oxidation sites excluding steroid dienone is 1. The summed E-state index contributed by atoms with van der Waals surface area (Å²) in [5.74, 6) is 2.17. The van der Waals surface area contributed by atoms with Gasteiger partial charge in [0, 0.05) is 5.57 Å². The predicted octanol–water partition coefficient (Wildman–Crippen LogP) is 3.53. The van der Waals surface area contributed by atoms with E-state index < -0.39 is 0 Å². The van der Waals surface area contributed by atoms with Crippen LogP contribution in [0.3, 0.4) is 0 Å². The van der Waals surface area contributed by atoms with Crippen molar-refractivity contribution in [3.05, 3.63) is 12.2 Å². The van der Waals surface area contributed by atoms with Crippen LogP contribution in [0.4, 0.5) is 0 Å². The maximum absolute atomic E-state index is 8.71. The first-order valence-electron chi connectivity index (χ1n) is 5.24. The lowest BCUT2D eigenvalue weighted by Crippen LogP contribution is -2.19. The zero-order valence-electron chi connectivity index (χ0n) is 8.71. The van der Waals surface area contributed by atoms with E-state index in [1.54, 1.807) is 0 Å². The highest BCUT2D eigenvalue weighted by Gasteiger charge is 2.24. The van der Waals surface area contributed by atoms with Crippen LogP contribution in [-0.2, 0) is 0 Å². The molecule has 0 aromatic heterocycles. The molecule has 0 aromatic rings. The second kappa shape index (κ2) is 4.46. The van der Waals surface area contributed by atoms with Crippen LogP contribution in [0.1, 0.15) is 39.5 Å². The minimum absolute atomic E-state index is 0.486. The van der Waals surface area contributed by atoms with Gasteiger partial charge in [0.1, 0.15) is 0 Å². The molecule has 1 aliphatic carbocycles. The van der Waals surface area contributed by atoms with Crippen molar-refractivity contribution in [2.75, 3.05) is 0 Å². The predicted molar refractivity (Wildman–Crippen MR) is 55.0 cm³/mol. The van der Waals surface area contributed by atoms with E-state index in [-0.39, 0.29) is 0 Å². The van der Waals surface area contributed by atoms with Gasteiger partial charge in [-0.05, 0) is 43.4 Å². The molecule has 0 unspecified atom stereocenters. The van der Waals surface area contributed by atoms with Crippen molar-refractivity contribution < 1.29 is 0 Å². The molecule has 0 N–H and O–H groups in total. The molecule has 1 heteroatoms. The molecular weight excluding hydrogens is 158 g/mol. The van der Waals surface area contributed by atoms with Crippen molar-refractivity contribution in [1.29, 1.82) is 5.26 Å². The summed E-state index contributed by atoms with van der Waals surface area (Å²) in [4.78, 5) is 0. The molecule has 0 atom stereocenters. The average molecular weight is 177 g/mol. The van der Waals surface area contributed by atoms with E-state index >= 15 is 0 Å². The van der Waals surface area contributed by atoms with Crippen molar-refractivity contribution >= 4 is 0 Å². The van der Waals surface area contributed by atoms with Gasteiger partial charge in [-0.25, -0.2) is 0 Å². The molecule has 1 fully saturated rings. The molecule has 0 radical (unpaired) electrons. The van der Waals surface area contributed by atoms with Gasteiger partial charge >= 0.3 is 0 Å². The van der Waals surface area contributed by atoms with Crippen molar-refractivity contribution in [3.8, 4) is 6.07 Å². The highest BCUT2D eigenvalue weighted by molar-refractivity contribution is 5.19. The highest BCUT2D eigenvalue weighted by Crippen LogP contribution is 2.35. The zero-order chi connectivity index (χ0) is 9.84. The Morgan fingerprint density at radius 3 is 2.23 bits per heavy atom. The maximum atomic E-state index is 8.71. The largest absolute Gasteiger partial charge is 0.193 e. The van der Waals surface area contributed by atoms with Gasteiger partial charge in [-0.1, -0.05) is 20.4 Å². The molecule has 0 amide bonds. The molecule has 1 nitrogen and oxygen atoms in total. The van der Waals surface area contributed by atoms with Gasteiger partial charge in [0.25, 0.3) is 0 Å². The van der Waals surface area contributed by atoms with Crippen molar-refractivity contribution in [2.24, 2.45) is 17.8 Å². The van der Waals surface area contributed by atoms with Crippen molar-refractivity contribution in [1.82, 2.24) is 0 Å². The van der Waals surface area contributed by atoms with Gasteiger partial charge in [-0.2, -0.15) is 5.26 Å². The van der Waals surface area contributed by atoms with E-state index in [2.05, 4.69) is 26.5 Å². The van der Waals surface area contributed by atoms with Crippen LogP contribution in [0.15, 0.2) is 12.2 Å². The fraction of sp³-hybridized carbons (Fsp3) is 0.750. The Labute approximate surface area is 81.5 Å². The fourth-order valence-electron chi connectivity index (χ4n) is 2.23. The summed E-state index contributed by atoms with van der Waals surface area (Å²) in [5.41, 5.74) is 0.794. The molecule has 1 rings (SSSR count). The monoisotopic (exact) mass is 177 g/mol. The van der Waals surface area contributed by atoms with E-state index in [1.807, 2.05) is 0 Å². The SMILES string of the molecule is C=C(C#N)C1CCC(C(C)C)CC1. The Morgan fingerprint density at radius 2 is 1.85 bits per heavy atom. The number of rotatable bonds is 2. The molecular formula is C12H19N. The average Bonchev–Trinajstić information content (AvgIpc) is 2.17.